The number of likely N-dealkylation sites (tertiary alicyclic amines) is 1. The highest BCUT2D eigenvalue weighted by molar-refractivity contribution is 5.03. The van der Waals surface area contributed by atoms with Gasteiger partial charge in [0.05, 0.1) is 0 Å². The van der Waals surface area contributed by atoms with E-state index in [2.05, 4.69) is 14.9 Å². The molecule has 13 heavy (non-hydrogen) atoms. The zero-order valence-corrected chi connectivity index (χ0v) is 7.43. The van der Waals surface area contributed by atoms with E-state index in [1.54, 1.807) is 0 Å². The Morgan fingerprint density at radius 3 is 2.69 bits per heavy atom. The van der Waals surface area contributed by atoms with Crippen LogP contribution in [0.15, 0.2) is 18.7 Å². The van der Waals surface area contributed by atoms with Crippen molar-refractivity contribution in [1.82, 2.24) is 14.9 Å². The van der Waals surface area contributed by atoms with Crippen molar-refractivity contribution in [3.63, 3.8) is 0 Å². The van der Waals surface area contributed by atoms with E-state index in [1.165, 1.54) is 6.33 Å². The van der Waals surface area contributed by atoms with Crippen molar-refractivity contribution in [3.8, 4) is 0 Å². The first-order valence-electron chi connectivity index (χ1n) is 4.45. The number of nitrogens with zero attached hydrogens (tertiary/aromatic N) is 3. The molecule has 1 saturated heterocycles. The fraction of sp³-hybridized carbons (Fsp3) is 0.556. The number of hydrogen-bond acceptors (Lipinski definition) is 4. The first-order chi connectivity index (χ1) is 6.38. The Kier molecular flexibility index (Phi) is 2.52. The van der Waals surface area contributed by atoms with Crippen LogP contribution in [0, 0.1) is 5.92 Å². The minimum absolute atomic E-state index is 0.307. The van der Waals surface area contributed by atoms with Gasteiger partial charge < -0.3 is 5.11 Å². The van der Waals surface area contributed by atoms with Gasteiger partial charge in [-0.2, -0.15) is 0 Å². The molecule has 1 aromatic heterocycles. The van der Waals surface area contributed by atoms with Crippen molar-refractivity contribution in [1.29, 1.82) is 0 Å². The zero-order chi connectivity index (χ0) is 9.10. The van der Waals surface area contributed by atoms with Gasteiger partial charge in [-0.3, -0.25) is 4.90 Å². The minimum Gasteiger partial charge on any atom is -0.396 e. The average molecular weight is 179 g/mol. The van der Waals surface area contributed by atoms with E-state index in [1.807, 2.05) is 12.4 Å². The Morgan fingerprint density at radius 1 is 1.38 bits per heavy atom. The van der Waals surface area contributed by atoms with E-state index < -0.39 is 0 Å². The summed E-state index contributed by atoms with van der Waals surface area (Å²) in [5.41, 5.74) is 1.14. The predicted octanol–water partition coefficient (Wildman–Crippen LogP) is -0.0993. The summed E-state index contributed by atoms with van der Waals surface area (Å²) < 4.78 is 0. The van der Waals surface area contributed by atoms with E-state index in [0.717, 1.165) is 25.2 Å². The predicted molar refractivity (Wildman–Crippen MR) is 47.9 cm³/mol. The van der Waals surface area contributed by atoms with Gasteiger partial charge in [0.15, 0.2) is 0 Å². The van der Waals surface area contributed by atoms with Crippen molar-refractivity contribution in [2.24, 2.45) is 5.92 Å². The molecule has 1 aromatic rings. The lowest BCUT2D eigenvalue weighted by atomic mass is 10.0. The second-order valence-corrected chi connectivity index (χ2v) is 3.49. The van der Waals surface area contributed by atoms with Gasteiger partial charge in [-0.25, -0.2) is 9.97 Å². The Hall–Kier alpha value is -1.00. The Labute approximate surface area is 77.2 Å². The first kappa shape index (κ1) is 8.59. The molecule has 0 spiro atoms. The van der Waals surface area contributed by atoms with Gasteiger partial charge in [0.1, 0.15) is 6.33 Å². The Morgan fingerprint density at radius 2 is 2.08 bits per heavy atom. The van der Waals surface area contributed by atoms with Gasteiger partial charge in [-0.15, -0.1) is 0 Å². The van der Waals surface area contributed by atoms with Crippen LogP contribution in [0.4, 0.5) is 0 Å². The zero-order valence-electron chi connectivity index (χ0n) is 7.43. The Balaban J connectivity index is 1.81. The third-order valence-electron chi connectivity index (χ3n) is 2.31. The molecular formula is C9H13N3O. The topological polar surface area (TPSA) is 49.2 Å². The van der Waals surface area contributed by atoms with Crippen LogP contribution in [0.3, 0.4) is 0 Å². The molecule has 1 fully saturated rings. The van der Waals surface area contributed by atoms with Gasteiger partial charge in [0.2, 0.25) is 0 Å². The first-order valence-corrected chi connectivity index (χ1v) is 4.45. The molecule has 4 heteroatoms. The lowest BCUT2D eigenvalue weighted by molar-refractivity contribution is 0.0478. The van der Waals surface area contributed by atoms with Crippen molar-refractivity contribution in [3.05, 3.63) is 24.3 Å². The molecule has 0 aromatic carbocycles. The number of rotatable bonds is 3. The molecule has 0 radical (unpaired) electrons. The fourth-order valence-electron chi connectivity index (χ4n) is 1.59. The van der Waals surface area contributed by atoms with E-state index in [0.29, 0.717) is 12.5 Å². The van der Waals surface area contributed by atoms with Crippen molar-refractivity contribution in [2.45, 2.75) is 6.54 Å². The molecule has 70 valence electrons. The highest BCUT2D eigenvalue weighted by Crippen LogP contribution is 2.16. The molecule has 0 unspecified atom stereocenters. The molecule has 1 aliphatic heterocycles. The van der Waals surface area contributed by atoms with Gasteiger partial charge in [0.25, 0.3) is 0 Å². The SMILES string of the molecule is OCC1CN(Cc2cncnc2)C1. The second kappa shape index (κ2) is 3.81. The standard InChI is InChI=1S/C9H13N3O/c13-6-9-4-12(5-9)3-8-1-10-7-11-2-8/h1-2,7,9,13H,3-6H2. The Bertz CT molecular complexity index is 259. The molecule has 2 heterocycles. The van der Waals surface area contributed by atoms with E-state index >= 15 is 0 Å². The van der Waals surface area contributed by atoms with Gasteiger partial charge in [-0.05, 0) is 0 Å². The summed E-state index contributed by atoms with van der Waals surface area (Å²) in [5.74, 6) is 0.477. The number of aromatic nitrogens is 2. The maximum Gasteiger partial charge on any atom is 0.115 e. The van der Waals surface area contributed by atoms with Crippen LogP contribution in [-0.4, -0.2) is 39.7 Å². The lowest BCUT2D eigenvalue weighted by Gasteiger charge is -2.38. The third kappa shape index (κ3) is 2.02. The molecule has 0 amide bonds. The van der Waals surface area contributed by atoms with E-state index in [-0.39, 0.29) is 0 Å². The van der Waals surface area contributed by atoms with E-state index in [4.69, 9.17) is 5.11 Å². The van der Waals surface area contributed by atoms with Crippen molar-refractivity contribution < 1.29 is 5.11 Å². The maximum atomic E-state index is 8.82. The number of hydrogen-bond donors (Lipinski definition) is 1. The summed E-state index contributed by atoms with van der Waals surface area (Å²) in [6.45, 7) is 3.19. The van der Waals surface area contributed by atoms with Crippen LogP contribution >= 0.6 is 0 Å². The molecule has 0 atom stereocenters. The molecular weight excluding hydrogens is 166 g/mol. The van der Waals surface area contributed by atoms with Crippen LogP contribution in [-0.2, 0) is 6.54 Å². The highest BCUT2D eigenvalue weighted by atomic mass is 16.3. The molecule has 1 N–H and O–H groups in total. The third-order valence-corrected chi connectivity index (χ3v) is 2.31. The summed E-state index contributed by atoms with van der Waals surface area (Å²) in [6.07, 6.45) is 5.20. The van der Waals surface area contributed by atoms with E-state index in [9.17, 15) is 0 Å². The summed E-state index contributed by atoms with van der Waals surface area (Å²) in [7, 11) is 0. The van der Waals surface area contributed by atoms with Crippen LogP contribution in [0.1, 0.15) is 5.56 Å². The molecule has 0 saturated carbocycles. The number of aliphatic hydroxyl groups excluding tert-OH is 1. The summed E-state index contributed by atoms with van der Waals surface area (Å²) >= 11 is 0. The lowest BCUT2D eigenvalue weighted by Crippen LogP contribution is -2.47. The van der Waals surface area contributed by atoms with Gasteiger partial charge in [-0.1, -0.05) is 0 Å². The molecule has 2 rings (SSSR count). The van der Waals surface area contributed by atoms with Crippen molar-refractivity contribution >= 4 is 0 Å². The van der Waals surface area contributed by atoms with Gasteiger partial charge in [0, 0.05) is 50.1 Å². The van der Waals surface area contributed by atoms with Crippen LogP contribution in [0.25, 0.3) is 0 Å². The largest absolute Gasteiger partial charge is 0.396 e. The second-order valence-electron chi connectivity index (χ2n) is 3.49. The van der Waals surface area contributed by atoms with Crippen LogP contribution in [0.2, 0.25) is 0 Å². The monoisotopic (exact) mass is 179 g/mol. The smallest absolute Gasteiger partial charge is 0.115 e. The molecule has 0 bridgehead atoms. The maximum absolute atomic E-state index is 8.82. The van der Waals surface area contributed by atoms with Crippen molar-refractivity contribution in [2.75, 3.05) is 19.7 Å². The average Bonchev–Trinajstić information content (AvgIpc) is 2.12. The van der Waals surface area contributed by atoms with Crippen LogP contribution in [0.5, 0.6) is 0 Å². The summed E-state index contributed by atoms with van der Waals surface area (Å²) in [6, 6.07) is 0. The summed E-state index contributed by atoms with van der Waals surface area (Å²) in [5, 5.41) is 8.82. The molecule has 4 nitrogen and oxygen atoms in total. The minimum atomic E-state index is 0.307. The highest BCUT2D eigenvalue weighted by Gasteiger charge is 2.25. The number of aliphatic hydroxyl groups is 1. The fourth-order valence-corrected chi connectivity index (χ4v) is 1.59. The molecule has 1 aliphatic rings. The van der Waals surface area contributed by atoms with Crippen LogP contribution < -0.4 is 0 Å². The quantitative estimate of drug-likeness (QED) is 0.704. The summed E-state index contributed by atoms with van der Waals surface area (Å²) in [4.78, 5) is 10.2. The normalized spacial score (nSPS) is 18.5. The molecule has 0 aliphatic carbocycles. The van der Waals surface area contributed by atoms with Gasteiger partial charge >= 0.3 is 0 Å².